The number of rotatable bonds is 3. The summed E-state index contributed by atoms with van der Waals surface area (Å²) in [6.45, 7) is 5.25. The lowest BCUT2D eigenvalue weighted by atomic mass is 9.91. The van der Waals surface area contributed by atoms with Gasteiger partial charge in [0.15, 0.2) is 0 Å². The van der Waals surface area contributed by atoms with E-state index in [4.69, 9.17) is 0 Å². The van der Waals surface area contributed by atoms with Gasteiger partial charge in [-0.05, 0) is 102 Å². The molecule has 0 fully saturated rings. The molecule has 2 aromatic heterocycles. The number of hydrogen-bond acceptors (Lipinski definition) is 0. The first-order chi connectivity index (χ1) is 22.7. The van der Waals surface area contributed by atoms with Gasteiger partial charge >= 0.3 is 0 Å². The van der Waals surface area contributed by atoms with E-state index in [2.05, 4.69) is 131 Å². The zero-order valence-corrected chi connectivity index (χ0v) is 25.8. The Morgan fingerprint density at radius 1 is 0.609 bits per heavy atom. The molecule has 1 aliphatic carbocycles. The summed E-state index contributed by atoms with van der Waals surface area (Å²) >= 11 is 0. The molecule has 0 radical (unpaired) electrons. The minimum Gasteiger partial charge on any atom is -0.313 e. The van der Waals surface area contributed by atoms with Gasteiger partial charge in [-0.1, -0.05) is 84.9 Å². The molecule has 2 nitrogen and oxygen atoms in total. The summed E-state index contributed by atoms with van der Waals surface area (Å²) in [4.78, 5) is 0. The molecule has 0 aliphatic heterocycles. The van der Waals surface area contributed by atoms with Crippen molar-refractivity contribution in [3.63, 3.8) is 0 Å². The first-order valence-corrected chi connectivity index (χ1v) is 15.8. The fraction of sp³-hybridized carbons (Fsp3) is 0.0698. The summed E-state index contributed by atoms with van der Waals surface area (Å²) < 4.78 is 18.5. The van der Waals surface area contributed by atoms with E-state index in [-0.39, 0.29) is 5.82 Å². The van der Waals surface area contributed by atoms with Gasteiger partial charge in [-0.25, -0.2) is 4.39 Å². The van der Waals surface area contributed by atoms with E-state index < -0.39 is 0 Å². The molecule has 0 saturated carbocycles. The Morgan fingerprint density at radius 3 is 2.07 bits per heavy atom. The van der Waals surface area contributed by atoms with E-state index in [9.17, 15) is 4.39 Å². The number of aromatic nitrogens is 2. The highest BCUT2D eigenvalue weighted by molar-refractivity contribution is 6.21. The largest absolute Gasteiger partial charge is 0.313 e. The summed E-state index contributed by atoms with van der Waals surface area (Å²) in [6, 6.07) is 46.3. The fourth-order valence-corrected chi connectivity index (χ4v) is 7.20. The molecule has 3 heteroatoms. The van der Waals surface area contributed by atoms with Crippen molar-refractivity contribution in [2.45, 2.75) is 19.8 Å². The van der Waals surface area contributed by atoms with Gasteiger partial charge in [0.1, 0.15) is 5.82 Å². The van der Waals surface area contributed by atoms with Crippen LogP contribution in [0.5, 0.6) is 0 Å². The van der Waals surface area contributed by atoms with E-state index in [1.54, 1.807) is 18.2 Å². The second-order valence-electron chi connectivity index (χ2n) is 11.9. The van der Waals surface area contributed by atoms with E-state index in [1.165, 1.54) is 66.0 Å². The molecule has 0 unspecified atom stereocenters. The van der Waals surface area contributed by atoms with Crippen molar-refractivity contribution in [2.24, 2.45) is 0 Å². The molecular weight excluding hydrogens is 563 g/mol. The maximum Gasteiger partial charge on any atom is 0.123 e. The van der Waals surface area contributed by atoms with Gasteiger partial charge in [-0.3, -0.25) is 0 Å². The monoisotopic (exact) mass is 596 g/mol. The highest BCUT2D eigenvalue weighted by Crippen LogP contribution is 2.40. The smallest absolute Gasteiger partial charge is 0.123 e. The van der Waals surface area contributed by atoms with Gasteiger partial charge in [0, 0.05) is 38.8 Å². The maximum atomic E-state index is 13.8. The van der Waals surface area contributed by atoms with E-state index in [0.717, 1.165) is 24.0 Å². The Bertz CT molecular complexity index is 2450. The number of benzene rings is 6. The molecule has 0 atom stereocenters. The predicted molar refractivity (Wildman–Crippen MR) is 194 cm³/mol. The Balaban J connectivity index is 0.00000100. The Morgan fingerprint density at radius 2 is 1.28 bits per heavy atom. The molecule has 0 bridgehead atoms. The van der Waals surface area contributed by atoms with Crippen molar-refractivity contribution >= 4 is 55.1 Å². The molecule has 0 saturated heterocycles. The zero-order chi connectivity index (χ0) is 31.2. The van der Waals surface area contributed by atoms with Crippen LogP contribution in [0.2, 0.25) is 0 Å². The average molecular weight is 597 g/mol. The van der Waals surface area contributed by atoms with E-state index in [1.807, 2.05) is 19.1 Å². The van der Waals surface area contributed by atoms with Crippen LogP contribution in [0.3, 0.4) is 0 Å². The molecule has 46 heavy (non-hydrogen) atoms. The van der Waals surface area contributed by atoms with Crippen LogP contribution in [0.1, 0.15) is 30.2 Å². The van der Waals surface area contributed by atoms with Crippen molar-refractivity contribution < 1.29 is 4.39 Å². The van der Waals surface area contributed by atoms with E-state index in [0.29, 0.717) is 0 Å². The number of fused-ring (bicyclic) bond motifs is 8. The second kappa shape index (κ2) is 11.4. The topological polar surface area (TPSA) is 9.86 Å². The van der Waals surface area contributed by atoms with Crippen LogP contribution >= 0.6 is 0 Å². The molecule has 6 aromatic carbocycles. The minimum atomic E-state index is -0.215. The summed E-state index contributed by atoms with van der Waals surface area (Å²) in [5, 5.41) is 6.34. The zero-order valence-electron chi connectivity index (χ0n) is 25.8. The third-order valence-electron chi connectivity index (χ3n) is 9.09. The van der Waals surface area contributed by atoms with Crippen molar-refractivity contribution in [1.82, 2.24) is 9.13 Å². The molecule has 2 heterocycles. The van der Waals surface area contributed by atoms with Crippen molar-refractivity contribution in [3.8, 4) is 11.4 Å². The lowest BCUT2D eigenvalue weighted by Crippen LogP contribution is -2.05. The first kappa shape index (κ1) is 27.8. The van der Waals surface area contributed by atoms with Gasteiger partial charge in [-0.15, -0.1) is 6.58 Å². The van der Waals surface area contributed by atoms with Gasteiger partial charge in [0.2, 0.25) is 0 Å². The van der Waals surface area contributed by atoms with Gasteiger partial charge in [0.05, 0.1) is 16.6 Å². The number of allylic oxidation sites excluding steroid dienone is 2. The van der Waals surface area contributed by atoms with E-state index >= 15 is 0 Å². The third-order valence-corrected chi connectivity index (χ3v) is 9.09. The molecule has 0 spiro atoms. The van der Waals surface area contributed by atoms with Crippen LogP contribution in [0.15, 0.2) is 146 Å². The lowest BCUT2D eigenvalue weighted by molar-refractivity contribution is 0.627. The van der Waals surface area contributed by atoms with Gasteiger partial charge < -0.3 is 9.13 Å². The van der Waals surface area contributed by atoms with Crippen molar-refractivity contribution in [3.05, 3.63) is 169 Å². The first-order valence-electron chi connectivity index (χ1n) is 15.8. The van der Waals surface area contributed by atoms with Gasteiger partial charge in [-0.2, -0.15) is 0 Å². The molecule has 8 aromatic rings. The minimum absolute atomic E-state index is 0.215. The molecule has 222 valence electrons. The number of hydrogen-bond donors (Lipinski definition) is 0. The van der Waals surface area contributed by atoms with Gasteiger partial charge in [0.25, 0.3) is 0 Å². The van der Waals surface area contributed by atoms with Crippen LogP contribution in [0, 0.1) is 5.82 Å². The number of para-hydroxylation sites is 2. The normalized spacial score (nSPS) is 12.6. The predicted octanol–water partition coefficient (Wildman–Crippen LogP) is 11.7. The maximum absolute atomic E-state index is 13.8. The molecule has 9 rings (SSSR count). The Labute approximate surface area is 268 Å². The molecule has 1 aliphatic rings. The standard InChI is InChI=1S/C40H27FN2.C3H6/c41-29-18-20-30(21-19-29)42-36-14-5-3-12-33(36)35-25-28(17-22-38(35)42)27-9-7-10-31(24-27)43-37-15-6-4-13-34(37)40-32-11-2-1-8-26(32)16-23-39(40)43;1-3-2/h1-16,18-21,23-25H,17,22H2;3H,1H2,2H3. The number of nitrogens with zero attached hydrogens (tertiary/aromatic N) is 2. The third kappa shape index (κ3) is 4.47. The van der Waals surface area contributed by atoms with Crippen molar-refractivity contribution in [2.75, 3.05) is 0 Å². The Hall–Kier alpha value is -5.67. The Kier molecular flexibility index (Phi) is 6.88. The van der Waals surface area contributed by atoms with Crippen LogP contribution in [0.4, 0.5) is 4.39 Å². The summed E-state index contributed by atoms with van der Waals surface area (Å²) in [6.07, 6.45) is 5.98. The van der Waals surface area contributed by atoms with Crippen LogP contribution in [0.25, 0.3) is 66.5 Å². The molecule has 0 amide bonds. The van der Waals surface area contributed by atoms with Crippen molar-refractivity contribution in [1.29, 1.82) is 0 Å². The van der Waals surface area contributed by atoms with Crippen LogP contribution in [-0.2, 0) is 6.42 Å². The van der Waals surface area contributed by atoms with Crippen LogP contribution in [-0.4, -0.2) is 9.13 Å². The SMILES string of the molecule is C=CC.Fc1ccc(-n2c3c(c4ccccc42)C=C(c2cccc(-n4c5ccccc5c5c6ccccc6ccc54)c2)CC3)cc1. The quantitative estimate of drug-likeness (QED) is 0.180. The van der Waals surface area contributed by atoms with Crippen LogP contribution < -0.4 is 0 Å². The summed E-state index contributed by atoms with van der Waals surface area (Å²) in [7, 11) is 0. The fourth-order valence-electron chi connectivity index (χ4n) is 7.20. The second-order valence-corrected chi connectivity index (χ2v) is 11.9. The lowest BCUT2D eigenvalue weighted by Gasteiger charge is -2.18. The molecular formula is C43H33FN2. The number of halogens is 1. The summed E-state index contributed by atoms with van der Waals surface area (Å²) in [5.41, 5.74) is 10.9. The highest BCUT2D eigenvalue weighted by atomic mass is 19.1. The summed E-state index contributed by atoms with van der Waals surface area (Å²) in [5.74, 6) is -0.215. The molecule has 0 N–H and O–H groups in total. The average Bonchev–Trinajstić information content (AvgIpc) is 3.62. The highest BCUT2D eigenvalue weighted by Gasteiger charge is 2.22.